The van der Waals surface area contributed by atoms with Crippen molar-refractivity contribution in [3.8, 4) is 17.2 Å². The van der Waals surface area contributed by atoms with Gasteiger partial charge < -0.3 is 23.6 Å². The lowest BCUT2D eigenvalue weighted by Crippen LogP contribution is -2.22. The second-order valence-electron chi connectivity index (χ2n) is 7.93. The van der Waals surface area contributed by atoms with Gasteiger partial charge in [0.05, 0.1) is 12.1 Å². The Bertz CT molecular complexity index is 1730. The number of rotatable bonds is 4. The van der Waals surface area contributed by atoms with Gasteiger partial charge in [0.2, 0.25) is 6.79 Å². The van der Waals surface area contributed by atoms with Crippen LogP contribution in [0.25, 0.3) is 21.9 Å². The zero-order valence-corrected chi connectivity index (χ0v) is 18.8. The van der Waals surface area contributed by atoms with Gasteiger partial charge >= 0.3 is 5.63 Å². The van der Waals surface area contributed by atoms with Crippen molar-refractivity contribution in [2.45, 2.75) is 16.3 Å². The normalized spacial score (nSPS) is 12.5. The minimum absolute atomic E-state index is 0.0279. The zero-order valence-electron chi connectivity index (χ0n) is 18.0. The molecule has 0 amide bonds. The first-order valence-corrected chi connectivity index (χ1v) is 11.4. The number of hydrogen-bond donors (Lipinski definition) is 1. The second kappa shape index (κ2) is 8.21. The highest BCUT2D eigenvalue weighted by molar-refractivity contribution is 7.99. The molecule has 0 radical (unpaired) electrons. The van der Waals surface area contributed by atoms with Gasteiger partial charge in [-0.05, 0) is 35.9 Å². The number of aromatic nitrogens is 1. The highest BCUT2D eigenvalue weighted by Gasteiger charge is 2.25. The van der Waals surface area contributed by atoms with Crippen LogP contribution in [0.2, 0.25) is 0 Å². The van der Waals surface area contributed by atoms with Gasteiger partial charge in [-0.25, -0.2) is 9.18 Å². The van der Waals surface area contributed by atoms with E-state index < -0.39 is 22.8 Å². The summed E-state index contributed by atoms with van der Waals surface area (Å²) < 4.78 is 31.4. The fourth-order valence-electron chi connectivity index (χ4n) is 4.11. The average Bonchev–Trinajstić information content (AvgIpc) is 3.32. The van der Waals surface area contributed by atoms with Crippen LogP contribution in [-0.4, -0.2) is 16.5 Å². The van der Waals surface area contributed by atoms with E-state index in [1.165, 1.54) is 28.8 Å². The lowest BCUT2D eigenvalue weighted by Gasteiger charge is -2.15. The maximum atomic E-state index is 13.7. The number of halogens is 1. The Kier molecular flexibility index (Phi) is 5.00. The summed E-state index contributed by atoms with van der Waals surface area (Å²) in [6.07, 6.45) is 0. The van der Waals surface area contributed by atoms with Crippen molar-refractivity contribution < 1.29 is 23.4 Å². The van der Waals surface area contributed by atoms with Crippen LogP contribution in [0.3, 0.4) is 0 Å². The van der Waals surface area contributed by atoms with Gasteiger partial charge in [-0.15, -0.1) is 0 Å². The Morgan fingerprint density at radius 2 is 1.69 bits per heavy atom. The molecule has 0 unspecified atom stereocenters. The summed E-state index contributed by atoms with van der Waals surface area (Å²) in [6, 6.07) is 18.1. The lowest BCUT2D eigenvalue weighted by molar-refractivity contribution is 0.174. The van der Waals surface area contributed by atoms with E-state index >= 15 is 0 Å². The molecular weight excluding hydrogens is 473 g/mol. The van der Waals surface area contributed by atoms with Gasteiger partial charge in [0.25, 0.3) is 5.56 Å². The third-order valence-electron chi connectivity index (χ3n) is 5.76. The van der Waals surface area contributed by atoms with Gasteiger partial charge in [-0.3, -0.25) is 4.79 Å². The van der Waals surface area contributed by atoms with Crippen molar-refractivity contribution in [1.29, 1.82) is 0 Å². The predicted molar refractivity (Wildman–Crippen MR) is 128 cm³/mol. The summed E-state index contributed by atoms with van der Waals surface area (Å²) in [7, 11) is 0. The second-order valence-corrected chi connectivity index (χ2v) is 9.01. The van der Waals surface area contributed by atoms with Crippen molar-refractivity contribution >= 4 is 33.6 Å². The standard InChI is InChI=1S/C26H16FNO6S/c27-15-6-8-16(9-7-15)35-24-22(29)21-23(34-26(24)31)17-10-19-20(33-13-32-19)11-18(17)28(25(21)30)12-14-4-2-1-3-5-14/h1-11,29H,12-13H2. The van der Waals surface area contributed by atoms with E-state index in [0.29, 0.717) is 27.3 Å². The molecular formula is C26H16FNO6S. The molecule has 0 spiro atoms. The zero-order chi connectivity index (χ0) is 24.1. The summed E-state index contributed by atoms with van der Waals surface area (Å²) in [5, 5.41) is 11.4. The lowest BCUT2D eigenvalue weighted by atomic mass is 10.1. The van der Waals surface area contributed by atoms with Gasteiger partial charge in [0, 0.05) is 16.3 Å². The van der Waals surface area contributed by atoms with Gasteiger partial charge in [-0.2, -0.15) is 0 Å². The number of benzene rings is 3. The largest absolute Gasteiger partial charge is 0.505 e. The van der Waals surface area contributed by atoms with Gasteiger partial charge in [0.15, 0.2) is 22.8 Å². The first-order chi connectivity index (χ1) is 17.0. The molecule has 2 aromatic heterocycles. The highest BCUT2D eigenvalue weighted by Crippen LogP contribution is 2.41. The molecule has 1 aliphatic rings. The molecule has 0 aliphatic carbocycles. The van der Waals surface area contributed by atoms with Crippen molar-refractivity contribution in [2.75, 3.05) is 6.79 Å². The van der Waals surface area contributed by atoms with E-state index in [-0.39, 0.29) is 29.2 Å². The van der Waals surface area contributed by atoms with Crippen LogP contribution in [0.15, 0.2) is 90.5 Å². The number of nitrogens with zero attached hydrogens (tertiary/aromatic N) is 1. The number of hydrogen-bond acceptors (Lipinski definition) is 7. The molecule has 0 saturated heterocycles. The predicted octanol–water partition coefficient (Wildman–Crippen LogP) is 4.88. The highest BCUT2D eigenvalue weighted by atomic mass is 32.2. The van der Waals surface area contributed by atoms with Crippen molar-refractivity contribution in [3.05, 3.63) is 98.9 Å². The molecule has 0 bridgehead atoms. The molecule has 0 atom stereocenters. The molecule has 7 nitrogen and oxygen atoms in total. The first kappa shape index (κ1) is 21.3. The molecule has 9 heteroatoms. The molecule has 5 aromatic rings. The third kappa shape index (κ3) is 3.60. The summed E-state index contributed by atoms with van der Waals surface area (Å²) in [6.45, 7) is 0.241. The summed E-state index contributed by atoms with van der Waals surface area (Å²) in [5.41, 5.74) is -0.0534. The third-order valence-corrected chi connectivity index (χ3v) is 6.83. The van der Waals surface area contributed by atoms with E-state index in [1.807, 2.05) is 30.3 Å². The average molecular weight is 489 g/mol. The van der Waals surface area contributed by atoms with Crippen LogP contribution in [0.1, 0.15) is 5.56 Å². The Labute approximate surface area is 201 Å². The van der Waals surface area contributed by atoms with E-state index in [4.69, 9.17) is 13.9 Å². The molecule has 1 aliphatic heterocycles. The Balaban J connectivity index is 1.64. The van der Waals surface area contributed by atoms with E-state index in [9.17, 15) is 19.1 Å². The number of fused-ring (bicyclic) bond motifs is 4. The smallest absolute Gasteiger partial charge is 0.354 e. The van der Waals surface area contributed by atoms with Crippen LogP contribution >= 0.6 is 11.8 Å². The molecule has 0 saturated carbocycles. The summed E-state index contributed by atoms with van der Waals surface area (Å²) >= 11 is 0.893. The van der Waals surface area contributed by atoms with E-state index in [1.54, 1.807) is 12.1 Å². The minimum atomic E-state index is -0.816. The van der Waals surface area contributed by atoms with E-state index in [2.05, 4.69) is 0 Å². The molecule has 174 valence electrons. The SMILES string of the molecule is O=c1oc2c(c(O)c1Sc1ccc(F)cc1)c(=O)n(Cc1ccccc1)c1cc3c(cc21)OCO3. The van der Waals surface area contributed by atoms with Crippen LogP contribution in [0.4, 0.5) is 4.39 Å². The van der Waals surface area contributed by atoms with Gasteiger partial charge in [-0.1, -0.05) is 42.1 Å². The molecule has 6 rings (SSSR count). The van der Waals surface area contributed by atoms with Crippen LogP contribution < -0.4 is 20.7 Å². The fourth-order valence-corrected chi connectivity index (χ4v) is 4.94. The summed E-state index contributed by atoms with van der Waals surface area (Å²) in [5.74, 6) is -0.0150. The molecule has 0 fully saturated rings. The Hall–Kier alpha value is -4.24. The van der Waals surface area contributed by atoms with Gasteiger partial charge in [0.1, 0.15) is 16.1 Å². The molecule has 35 heavy (non-hydrogen) atoms. The molecule has 1 N–H and O–H groups in total. The number of ether oxygens (including phenoxy) is 2. The summed E-state index contributed by atoms with van der Waals surface area (Å²) in [4.78, 5) is 27.0. The minimum Gasteiger partial charge on any atom is -0.505 e. The number of pyridine rings is 1. The quantitative estimate of drug-likeness (QED) is 0.360. The monoisotopic (exact) mass is 489 g/mol. The van der Waals surface area contributed by atoms with Crippen LogP contribution in [0, 0.1) is 5.82 Å². The number of aromatic hydroxyl groups is 1. The van der Waals surface area contributed by atoms with E-state index in [0.717, 1.165) is 17.3 Å². The van der Waals surface area contributed by atoms with Crippen molar-refractivity contribution in [3.63, 3.8) is 0 Å². The van der Waals surface area contributed by atoms with Crippen molar-refractivity contribution in [1.82, 2.24) is 4.57 Å². The maximum absolute atomic E-state index is 13.7. The Morgan fingerprint density at radius 1 is 0.971 bits per heavy atom. The Morgan fingerprint density at radius 3 is 2.43 bits per heavy atom. The van der Waals surface area contributed by atoms with Crippen molar-refractivity contribution in [2.24, 2.45) is 0 Å². The fraction of sp³-hybridized carbons (Fsp3) is 0.0769. The van der Waals surface area contributed by atoms with Crippen LogP contribution in [0.5, 0.6) is 17.2 Å². The molecule has 3 aromatic carbocycles. The first-order valence-electron chi connectivity index (χ1n) is 10.6. The topological polar surface area (TPSA) is 90.9 Å². The van der Waals surface area contributed by atoms with Crippen LogP contribution in [-0.2, 0) is 6.54 Å². The molecule has 3 heterocycles. The maximum Gasteiger partial charge on any atom is 0.354 e.